The van der Waals surface area contributed by atoms with E-state index in [0.29, 0.717) is 11.5 Å². The van der Waals surface area contributed by atoms with Gasteiger partial charge in [0.2, 0.25) is 0 Å². The van der Waals surface area contributed by atoms with Gasteiger partial charge in [0.25, 0.3) is 5.91 Å². The van der Waals surface area contributed by atoms with Crippen LogP contribution >= 0.6 is 11.3 Å². The lowest BCUT2D eigenvalue weighted by molar-refractivity contribution is 0.0713. The van der Waals surface area contributed by atoms with E-state index in [4.69, 9.17) is 4.98 Å². The van der Waals surface area contributed by atoms with Gasteiger partial charge in [-0.2, -0.15) is 5.10 Å². The molecule has 1 amide bonds. The van der Waals surface area contributed by atoms with Crippen molar-refractivity contribution in [3.05, 3.63) is 34.0 Å². The Balaban J connectivity index is 1.61. The summed E-state index contributed by atoms with van der Waals surface area (Å²) in [7, 11) is 0. The van der Waals surface area contributed by atoms with Crippen molar-refractivity contribution in [1.82, 2.24) is 19.7 Å². The molecule has 136 valence electrons. The molecule has 3 heterocycles. The fraction of sp³-hybridized carbons (Fsp3) is 0.632. The third kappa shape index (κ3) is 3.94. The van der Waals surface area contributed by atoms with Crippen LogP contribution in [0, 0.1) is 0 Å². The third-order valence-electron chi connectivity index (χ3n) is 4.80. The summed E-state index contributed by atoms with van der Waals surface area (Å²) in [5.41, 5.74) is 1.96. The van der Waals surface area contributed by atoms with Crippen molar-refractivity contribution in [2.45, 2.75) is 64.8 Å². The Kier molecular flexibility index (Phi) is 5.00. The van der Waals surface area contributed by atoms with Gasteiger partial charge in [-0.3, -0.25) is 9.48 Å². The predicted octanol–water partition coefficient (Wildman–Crippen LogP) is 4.24. The van der Waals surface area contributed by atoms with Gasteiger partial charge in [0.1, 0.15) is 0 Å². The number of carbonyl (C=O) groups is 1. The Labute approximate surface area is 154 Å². The molecule has 0 atom stereocenters. The lowest BCUT2D eigenvalue weighted by Gasteiger charge is -2.31. The molecule has 1 saturated heterocycles. The summed E-state index contributed by atoms with van der Waals surface area (Å²) in [6.45, 7) is 12.3. The molecule has 0 bridgehead atoms. The number of thiazole rings is 1. The van der Waals surface area contributed by atoms with Crippen LogP contribution in [-0.2, 0) is 5.41 Å². The summed E-state index contributed by atoms with van der Waals surface area (Å²) in [5, 5.41) is 7.69. The molecule has 1 fully saturated rings. The zero-order chi connectivity index (χ0) is 18.2. The fourth-order valence-electron chi connectivity index (χ4n) is 3.06. The molecule has 0 spiro atoms. The maximum absolute atomic E-state index is 12.7. The highest BCUT2D eigenvalue weighted by Gasteiger charge is 2.28. The number of hydrogen-bond donors (Lipinski definition) is 0. The van der Waals surface area contributed by atoms with E-state index in [0.717, 1.165) is 25.9 Å². The second kappa shape index (κ2) is 6.90. The van der Waals surface area contributed by atoms with Crippen LogP contribution in [0.3, 0.4) is 0 Å². The summed E-state index contributed by atoms with van der Waals surface area (Å²) >= 11 is 1.77. The highest BCUT2D eigenvalue weighted by molar-refractivity contribution is 7.09. The number of carbonyl (C=O) groups excluding carboxylic acids is 1. The molecule has 0 aliphatic carbocycles. The Morgan fingerprint density at radius 3 is 2.48 bits per heavy atom. The number of amides is 1. The molecule has 1 aliphatic rings. The second-order valence-electron chi connectivity index (χ2n) is 8.19. The van der Waals surface area contributed by atoms with Crippen LogP contribution in [0.15, 0.2) is 17.8 Å². The van der Waals surface area contributed by atoms with Gasteiger partial charge in [-0.05, 0) is 26.7 Å². The van der Waals surface area contributed by atoms with E-state index >= 15 is 0 Å². The third-order valence-corrected chi connectivity index (χ3v) is 5.81. The van der Waals surface area contributed by atoms with Crippen molar-refractivity contribution in [3.8, 4) is 0 Å². The van der Waals surface area contributed by atoms with E-state index in [2.05, 4.69) is 45.1 Å². The minimum atomic E-state index is 0.0971. The van der Waals surface area contributed by atoms with Gasteiger partial charge in [0.15, 0.2) is 0 Å². The van der Waals surface area contributed by atoms with Crippen LogP contribution in [0.4, 0.5) is 0 Å². The summed E-state index contributed by atoms with van der Waals surface area (Å²) in [4.78, 5) is 19.5. The van der Waals surface area contributed by atoms with Crippen LogP contribution < -0.4 is 0 Å². The fourth-order valence-corrected chi connectivity index (χ4v) is 4.28. The topological polar surface area (TPSA) is 51.0 Å². The molecule has 0 radical (unpaired) electrons. The number of hydrogen-bond acceptors (Lipinski definition) is 4. The Morgan fingerprint density at radius 2 is 1.96 bits per heavy atom. The molecule has 6 heteroatoms. The molecule has 1 aliphatic heterocycles. The van der Waals surface area contributed by atoms with Gasteiger partial charge < -0.3 is 4.90 Å². The van der Waals surface area contributed by atoms with Crippen molar-refractivity contribution in [2.75, 3.05) is 13.1 Å². The standard InChI is InChI=1S/C19H28N4OS/c1-13(2)23-11-15(10-20-23)18(24)22-8-6-14(7-9-22)17-21-16(12-25-17)19(3,4)5/h10-14H,6-9H2,1-5H3. The summed E-state index contributed by atoms with van der Waals surface area (Å²) in [5.74, 6) is 0.573. The van der Waals surface area contributed by atoms with Crippen molar-refractivity contribution < 1.29 is 4.79 Å². The normalized spacial score (nSPS) is 16.6. The second-order valence-corrected chi connectivity index (χ2v) is 9.08. The van der Waals surface area contributed by atoms with Crippen LogP contribution in [0.5, 0.6) is 0 Å². The molecule has 0 N–H and O–H groups in total. The van der Waals surface area contributed by atoms with Crippen LogP contribution in [-0.4, -0.2) is 38.7 Å². The van der Waals surface area contributed by atoms with Gasteiger partial charge >= 0.3 is 0 Å². The van der Waals surface area contributed by atoms with E-state index in [1.807, 2.05) is 15.8 Å². The average Bonchev–Trinajstić information content (AvgIpc) is 3.23. The van der Waals surface area contributed by atoms with Crippen LogP contribution in [0.2, 0.25) is 0 Å². The maximum Gasteiger partial charge on any atom is 0.257 e. The summed E-state index contributed by atoms with van der Waals surface area (Å²) in [6.07, 6.45) is 5.52. The molecule has 2 aromatic rings. The first-order valence-electron chi connectivity index (χ1n) is 9.05. The van der Waals surface area contributed by atoms with Gasteiger partial charge in [0.05, 0.1) is 22.5 Å². The summed E-state index contributed by atoms with van der Waals surface area (Å²) < 4.78 is 1.84. The van der Waals surface area contributed by atoms with Gasteiger partial charge in [-0.25, -0.2) is 4.98 Å². The van der Waals surface area contributed by atoms with Crippen molar-refractivity contribution in [1.29, 1.82) is 0 Å². The Hall–Kier alpha value is -1.69. The molecule has 0 saturated carbocycles. The zero-order valence-electron chi connectivity index (χ0n) is 15.8. The highest BCUT2D eigenvalue weighted by Crippen LogP contribution is 2.33. The van der Waals surface area contributed by atoms with Crippen molar-refractivity contribution in [3.63, 3.8) is 0 Å². The lowest BCUT2D eigenvalue weighted by Crippen LogP contribution is -2.37. The first-order valence-corrected chi connectivity index (χ1v) is 9.93. The number of likely N-dealkylation sites (tertiary alicyclic amines) is 1. The van der Waals surface area contributed by atoms with Crippen LogP contribution in [0.25, 0.3) is 0 Å². The van der Waals surface area contributed by atoms with E-state index in [9.17, 15) is 4.79 Å². The largest absolute Gasteiger partial charge is 0.339 e. The van der Waals surface area contributed by atoms with Gasteiger partial charge in [0, 0.05) is 42.0 Å². The molecule has 5 nitrogen and oxygen atoms in total. The number of nitrogens with zero attached hydrogens (tertiary/aromatic N) is 4. The Bertz CT molecular complexity index is 733. The van der Waals surface area contributed by atoms with E-state index in [1.54, 1.807) is 17.5 Å². The van der Waals surface area contributed by atoms with E-state index < -0.39 is 0 Å². The average molecular weight is 361 g/mol. The van der Waals surface area contributed by atoms with Crippen molar-refractivity contribution >= 4 is 17.2 Å². The SMILES string of the molecule is CC(C)n1cc(C(=O)N2CCC(c3nc(C(C)(C)C)cs3)CC2)cn1. The molecule has 25 heavy (non-hydrogen) atoms. The molecule has 3 rings (SSSR count). The van der Waals surface area contributed by atoms with Crippen molar-refractivity contribution in [2.24, 2.45) is 0 Å². The minimum Gasteiger partial charge on any atom is -0.339 e. The Morgan fingerprint density at radius 1 is 1.28 bits per heavy atom. The monoisotopic (exact) mass is 360 g/mol. The number of piperidine rings is 1. The molecular formula is C19H28N4OS. The molecule has 0 aromatic carbocycles. The van der Waals surface area contributed by atoms with Crippen LogP contribution in [0.1, 0.15) is 80.5 Å². The molecule has 2 aromatic heterocycles. The summed E-state index contributed by atoms with van der Waals surface area (Å²) in [6, 6.07) is 0.272. The first kappa shape index (κ1) is 18.1. The molecular weight excluding hydrogens is 332 g/mol. The number of aromatic nitrogens is 3. The smallest absolute Gasteiger partial charge is 0.257 e. The molecule has 0 unspecified atom stereocenters. The van der Waals surface area contributed by atoms with Gasteiger partial charge in [-0.15, -0.1) is 11.3 Å². The quantitative estimate of drug-likeness (QED) is 0.823. The highest BCUT2D eigenvalue weighted by atomic mass is 32.1. The zero-order valence-corrected chi connectivity index (χ0v) is 16.6. The predicted molar refractivity (Wildman–Crippen MR) is 101 cm³/mol. The van der Waals surface area contributed by atoms with E-state index in [1.165, 1.54) is 10.7 Å². The number of rotatable bonds is 3. The maximum atomic E-state index is 12.7. The van der Waals surface area contributed by atoms with Gasteiger partial charge in [-0.1, -0.05) is 20.8 Å². The van der Waals surface area contributed by atoms with E-state index in [-0.39, 0.29) is 17.4 Å². The first-order chi connectivity index (χ1) is 11.8. The minimum absolute atomic E-state index is 0.0971. The lowest BCUT2D eigenvalue weighted by atomic mass is 9.93.